The summed E-state index contributed by atoms with van der Waals surface area (Å²) in [4.78, 5) is 0. The van der Waals surface area contributed by atoms with Gasteiger partial charge < -0.3 is 4.74 Å². The summed E-state index contributed by atoms with van der Waals surface area (Å²) in [6, 6.07) is 0. The molecule has 0 atom stereocenters. The second-order valence-corrected chi connectivity index (χ2v) is 5.95. The Balaban J connectivity index is 1.64. The van der Waals surface area contributed by atoms with Crippen molar-refractivity contribution in [2.45, 2.75) is 44.9 Å². The first-order valence-electron chi connectivity index (χ1n) is 6.32. The van der Waals surface area contributed by atoms with Crippen molar-refractivity contribution < 1.29 is 4.74 Å². The second-order valence-electron chi connectivity index (χ2n) is 4.73. The Labute approximate surface area is 97.7 Å². The summed E-state index contributed by atoms with van der Waals surface area (Å²) in [5.41, 5.74) is 1.55. The maximum Gasteiger partial charge on any atom is 0.0902 e. The molecule has 0 spiro atoms. The standard InChI is InChI=1S/C13H22OS/c1-2-4-12(5-3-1)10-14-11-13-6-8-15-9-7-13/h10,13H,1-9,11H2. The minimum absolute atomic E-state index is 0.826. The molecule has 0 aromatic carbocycles. The van der Waals surface area contributed by atoms with Crippen molar-refractivity contribution in [3.05, 3.63) is 11.8 Å². The molecule has 1 aliphatic heterocycles. The fourth-order valence-electron chi connectivity index (χ4n) is 2.34. The quantitative estimate of drug-likeness (QED) is 0.673. The normalized spacial score (nSPS) is 23.9. The Bertz CT molecular complexity index is 199. The van der Waals surface area contributed by atoms with Gasteiger partial charge in [-0.1, -0.05) is 6.42 Å². The van der Waals surface area contributed by atoms with E-state index in [9.17, 15) is 0 Å². The van der Waals surface area contributed by atoms with Crippen molar-refractivity contribution >= 4 is 11.8 Å². The number of ether oxygens (including phenoxy) is 1. The summed E-state index contributed by atoms with van der Waals surface area (Å²) in [5, 5.41) is 0. The van der Waals surface area contributed by atoms with Crippen LogP contribution in [0.25, 0.3) is 0 Å². The molecular weight excluding hydrogens is 204 g/mol. The third-order valence-corrected chi connectivity index (χ3v) is 4.47. The van der Waals surface area contributed by atoms with Crippen LogP contribution >= 0.6 is 11.8 Å². The Hall–Kier alpha value is -0.110. The van der Waals surface area contributed by atoms with Crippen molar-refractivity contribution in [1.82, 2.24) is 0 Å². The van der Waals surface area contributed by atoms with E-state index in [1.54, 1.807) is 5.57 Å². The zero-order valence-corrected chi connectivity index (χ0v) is 10.4. The van der Waals surface area contributed by atoms with Crippen LogP contribution in [0.2, 0.25) is 0 Å². The highest BCUT2D eigenvalue weighted by Crippen LogP contribution is 2.25. The predicted octanol–water partition coefficient (Wildman–Crippen LogP) is 3.99. The van der Waals surface area contributed by atoms with Gasteiger partial charge in [0.25, 0.3) is 0 Å². The largest absolute Gasteiger partial charge is 0.501 e. The van der Waals surface area contributed by atoms with E-state index in [-0.39, 0.29) is 0 Å². The van der Waals surface area contributed by atoms with Crippen LogP contribution in [-0.4, -0.2) is 18.1 Å². The van der Waals surface area contributed by atoms with Gasteiger partial charge in [-0.2, -0.15) is 11.8 Å². The molecule has 2 rings (SSSR count). The molecule has 0 unspecified atom stereocenters. The van der Waals surface area contributed by atoms with Crippen LogP contribution in [-0.2, 0) is 4.74 Å². The van der Waals surface area contributed by atoms with Crippen LogP contribution in [0.5, 0.6) is 0 Å². The Kier molecular flexibility index (Phi) is 4.91. The van der Waals surface area contributed by atoms with Crippen molar-refractivity contribution in [2.75, 3.05) is 18.1 Å². The fourth-order valence-corrected chi connectivity index (χ4v) is 3.54. The van der Waals surface area contributed by atoms with Gasteiger partial charge in [0.1, 0.15) is 0 Å². The minimum Gasteiger partial charge on any atom is -0.501 e. The lowest BCUT2D eigenvalue weighted by atomic mass is 9.96. The van der Waals surface area contributed by atoms with Gasteiger partial charge in [0.05, 0.1) is 12.9 Å². The third kappa shape index (κ3) is 4.10. The van der Waals surface area contributed by atoms with E-state index in [0.29, 0.717) is 0 Å². The zero-order chi connectivity index (χ0) is 10.3. The number of allylic oxidation sites excluding steroid dienone is 1. The highest BCUT2D eigenvalue weighted by molar-refractivity contribution is 7.99. The van der Waals surface area contributed by atoms with Gasteiger partial charge in [-0.15, -0.1) is 0 Å². The molecule has 1 heterocycles. The van der Waals surface area contributed by atoms with Gasteiger partial charge in [0.15, 0.2) is 0 Å². The Morgan fingerprint density at radius 1 is 1.13 bits per heavy atom. The van der Waals surface area contributed by atoms with E-state index in [0.717, 1.165) is 12.5 Å². The van der Waals surface area contributed by atoms with Gasteiger partial charge in [-0.25, -0.2) is 0 Å². The summed E-state index contributed by atoms with van der Waals surface area (Å²) >= 11 is 2.09. The molecule has 0 aromatic heterocycles. The Morgan fingerprint density at radius 3 is 2.60 bits per heavy atom. The van der Waals surface area contributed by atoms with E-state index in [4.69, 9.17) is 4.74 Å². The van der Waals surface area contributed by atoms with Crippen LogP contribution in [0.1, 0.15) is 44.9 Å². The van der Waals surface area contributed by atoms with Crippen LogP contribution in [0.3, 0.4) is 0 Å². The summed E-state index contributed by atoms with van der Waals surface area (Å²) < 4.78 is 5.74. The molecule has 0 bridgehead atoms. The molecule has 1 saturated heterocycles. The third-order valence-electron chi connectivity index (χ3n) is 3.42. The topological polar surface area (TPSA) is 9.23 Å². The number of thioether (sulfide) groups is 1. The molecule has 0 amide bonds. The number of hydrogen-bond acceptors (Lipinski definition) is 2. The first kappa shape index (κ1) is 11.4. The first-order chi connectivity index (χ1) is 7.45. The lowest BCUT2D eigenvalue weighted by Gasteiger charge is -2.21. The van der Waals surface area contributed by atoms with Crippen molar-refractivity contribution in [3.63, 3.8) is 0 Å². The van der Waals surface area contributed by atoms with E-state index >= 15 is 0 Å². The van der Waals surface area contributed by atoms with E-state index in [1.165, 1.54) is 56.5 Å². The van der Waals surface area contributed by atoms with Crippen LogP contribution in [0.15, 0.2) is 11.8 Å². The molecule has 0 aromatic rings. The molecule has 1 nitrogen and oxygen atoms in total. The number of hydrogen-bond donors (Lipinski definition) is 0. The van der Waals surface area contributed by atoms with Crippen LogP contribution in [0, 0.1) is 5.92 Å². The van der Waals surface area contributed by atoms with Crippen molar-refractivity contribution in [1.29, 1.82) is 0 Å². The molecule has 86 valence electrons. The maximum absolute atomic E-state index is 5.74. The molecule has 2 aliphatic rings. The maximum atomic E-state index is 5.74. The molecule has 1 saturated carbocycles. The van der Waals surface area contributed by atoms with Gasteiger partial charge in [-0.05, 0) is 61.5 Å². The lowest BCUT2D eigenvalue weighted by molar-refractivity contribution is 0.184. The van der Waals surface area contributed by atoms with E-state index in [1.807, 2.05) is 0 Å². The van der Waals surface area contributed by atoms with Crippen molar-refractivity contribution in [3.8, 4) is 0 Å². The second kappa shape index (κ2) is 6.47. The molecule has 2 heteroatoms. The zero-order valence-electron chi connectivity index (χ0n) is 9.54. The Morgan fingerprint density at radius 2 is 1.87 bits per heavy atom. The highest BCUT2D eigenvalue weighted by Gasteiger charge is 2.13. The lowest BCUT2D eigenvalue weighted by Crippen LogP contribution is -2.14. The summed E-state index contributed by atoms with van der Waals surface area (Å²) in [6.45, 7) is 0.962. The van der Waals surface area contributed by atoms with Gasteiger partial charge >= 0.3 is 0 Å². The van der Waals surface area contributed by atoms with Gasteiger partial charge in [0.2, 0.25) is 0 Å². The average Bonchev–Trinajstić information content (AvgIpc) is 2.32. The van der Waals surface area contributed by atoms with Crippen LogP contribution in [0.4, 0.5) is 0 Å². The summed E-state index contributed by atoms with van der Waals surface area (Å²) in [5.74, 6) is 3.50. The monoisotopic (exact) mass is 226 g/mol. The molecule has 15 heavy (non-hydrogen) atoms. The summed E-state index contributed by atoms with van der Waals surface area (Å²) in [6.07, 6.45) is 11.5. The van der Waals surface area contributed by atoms with E-state index in [2.05, 4.69) is 18.0 Å². The molecular formula is C13H22OS. The first-order valence-corrected chi connectivity index (χ1v) is 7.48. The molecule has 0 radical (unpaired) electrons. The smallest absolute Gasteiger partial charge is 0.0902 e. The molecule has 2 fully saturated rings. The SMILES string of the molecule is C(OCC1CCSCC1)=C1CCCCC1. The molecule has 0 N–H and O–H groups in total. The van der Waals surface area contributed by atoms with Crippen LogP contribution < -0.4 is 0 Å². The average molecular weight is 226 g/mol. The number of rotatable bonds is 3. The van der Waals surface area contributed by atoms with Gasteiger partial charge in [-0.3, -0.25) is 0 Å². The minimum atomic E-state index is 0.826. The fraction of sp³-hybridized carbons (Fsp3) is 0.846. The molecule has 1 aliphatic carbocycles. The van der Waals surface area contributed by atoms with Crippen molar-refractivity contribution in [2.24, 2.45) is 5.92 Å². The van der Waals surface area contributed by atoms with E-state index < -0.39 is 0 Å². The predicted molar refractivity (Wildman–Crippen MR) is 67.2 cm³/mol. The summed E-state index contributed by atoms with van der Waals surface area (Å²) in [7, 11) is 0. The van der Waals surface area contributed by atoms with Gasteiger partial charge in [0, 0.05) is 0 Å². The highest BCUT2D eigenvalue weighted by atomic mass is 32.2.